The molecule has 0 spiro atoms. The zero-order valence-corrected chi connectivity index (χ0v) is 16.1. The van der Waals surface area contributed by atoms with Crippen LogP contribution in [0.5, 0.6) is 0 Å². The first-order chi connectivity index (χ1) is 11.0. The number of aromatic nitrogens is 2. The highest BCUT2D eigenvalue weighted by Gasteiger charge is 2.09. The van der Waals surface area contributed by atoms with Gasteiger partial charge in [0.1, 0.15) is 11.6 Å². The second kappa shape index (κ2) is 9.12. The first kappa shape index (κ1) is 19.8. The van der Waals surface area contributed by atoms with Crippen molar-refractivity contribution >= 4 is 41.4 Å². The number of guanidine groups is 1. The highest BCUT2D eigenvalue weighted by Crippen LogP contribution is 2.14. The maximum absolute atomic E-state index is 8.99. The fourth-order valence-electron chi connectivity index (χ4n) is 2.16. The minimum atomic E-state index is 0. The van der Waals surface area contributed by atoms with Crippen LogP contribution in [0.15, 0.2) is 23.2 Å². The quantitative estimate of drug-likeness (QED) is 0.246. The topological polar surface area (TPSA) is 129 Å². The van der Waals surface area contributed by atoms with E-state index in [2.05, 4.69) is 34.4 Å². The Labute approximate surface area is 158 Å². The molecule has 128 valence electrons. The number of nitriles is 1. The number of nitrogens with one attached hydrogen (secondary N) is 2. The van der Waals surface area contributed by atoms with E-state index < -0.39 is 0 Å². The molecule has 2 aromatic rings. The summed E-state index contributed by atoms with van der Waals surface area (Å²) in [5, 5.41) is 18.7. The Morgan fingerprint density at radius 2 is 2.12 bits per heavy atom. The molecule has 24 heavy (non-hydrogen) atoms. The van der Waals surface area contributed by atoms with Crippen molar-refractivity contribution < 1.29 is 0 Å². The molecule has 0 atom stereocenters. The Kier molecular flexibility index (Phi) is 7.51. The number of hydrogen-bond acceptors (Lipinski definition) is 4. The minimum Gasteiger partial charge on any atom is -0.381 e. The predicted octanol–water partition coefficient (Wildman–Crippen LogP) is 2.46. The summed E-state index contributed by atoms with van der Waals surface area (Å²) in [5.41, 5.74) is 16.0. The lowest BCUT2D eigenvalue weighted by Crippen LogP contribution is -2.23. The molecule has 0 bridgehead atoms. The van der Waals surface area contributed by atoms with Crippen LogP contribution in [0.3, 0.4) is 0 Å². The van der Waals surface area contributed by atoms with Gasteiger partial charge in [0.15, 0.2) is 11.8 Å². The second-order valence-corrected chi connectivity index (χ2v) is 5.37. The van der Waals surface area contributed by atoms with Crippen LogP contribution in [-0.4, -0.2) is 22.7 Å². The largest absolute Gasteiger partial charge is 0.381 e. The SMILES string of the molecule is Cc1ccc(NC(N)=NCCCc2[nH]nc(N)c2C#N)cc1C.I. The maximum atomic E-state index is 8.99. The molecule has 6 N–H and O–H groups in total. The fourth-order valence-corrected chi connectivity index (χ4v) is 2.16. The highest BCUT2D eigenvalue weighted by molar-refractivity contribution is 14.0. The van der Waals surface area contributed by atoms with Gasteiger partial charge in [-0.05, 0) is 49.9 Å². The van der Waals surface area contributed by atoms with E-state index in [0.29, 0.717) is 24.5 Å². The van der Waals surface area contributed by atoms with Crippen LogP contribution >= 0.6 is 24.0 Å². The number of benzene rings is 1. The summed E-state index contributed by atoms with van der Waals surface area (Å²) >= 11 is 0. The van der Waals surface area contributed by atoms with Gasteiger partial charge in [0.25, 0.3) is 0 Å². The van der Waals surface area contributed by atoms with Gasteiger partial charge in [-0.1, -0.05) is 6.07 Å². The van der Waals surface area contributed by atoms with Crippen LogP contribution in [-0.2, 0) is 6.42 Å². The Hall–Kier alpha value is -2.28. The molecule has 8 heteroatoms. The number of halogens is 1. The first-order valence-corrected chi connectivity index (χ1v) is 7.38. The molecule has 0 saturated carbocycles. The summed E-state index contributed by atoms with van der Waals surface area (Å²) in [6.07, 6.45) is 1.39. The zero-order chi connectivity index (χ0) is 16.8. The Balaban J connectivity index is 0.00000288. The standard InChI is InChI=1S/C16H21N7.HI/c1-10-5-6-12(8-11(10)2)21-16(19)20-7-3-4-14-13(9-17)15(18)23-22-14;/h5-6,8H,3-4,7H2,1-2H3,(H3,18,22,23)(H3,19,20,21);1H. The Morgan fingerprint density at radius 1 is 1.38 bits per heavy atom. The van der Waals surface area contributed by atoms with E-state index in [4.69, 9.17) is 16.7 Å². The molecule has 0 unspecified atom stereocenters. The van der Waals surface area contributed by atoms with Crippen molar-refractivity contribution in [2.24, 2.45) is 10.7 Å². The molecular formula is C16H22IN7. The summed E-state index contributed by atoms with van der Waals surface area (Å²) in [6, 6.07) is 8.08. The maximum Gasteiger partial charge on any atom is 0.193 e. The van der Waals surface area contributed by atoms with Crippen LogP contribution < -0.4 is 16.8 Å². The van der Waals surface area contributed by atoms with Crippen LogP contribution in [0.2, 0.25) is 0 Å². The first-order valence-electron chi connectivity index (χ1n) is 7.38. The lowest BCUT2D eigenvalue weighted by atomic mass is 10.1. The lowest BCUT2D eigenvalue weighted by molar-refractivity contribution is 0.802. The van der Waals surface area contributed by atoms with Gasteiger partial charge in [-0.15, -0.1) is 24.0 Å². The van der Waals surface area contributed by atoms with Crippen LogP contribution in [0.4, 0.5) is 11.5 Å². The lowest BCUT2D eigenvalue weighted by Gasteiger charge is -2.08. The van der Waals surface area contributed by atoms with E-state index in [0.717, 1.165) is 17.8 Å². The molecule has 0 aliphatic heterocycles. The van der Waals surface area contributed by atoms with Crippen molar-refractivity contribution in [2.75, 3.05) is 17.6 Å². The molecule has 0 fully saturated rings. The van der Waals surface area contributed by atoms with Gasteiger partial charge in [-0.25, -0.2) is 0 Å². The van der Waals surface area contributed by atoms with Gasteiger partial charge in [0.05, 0.1) is 5.69 Å². The third kappa shape index (κ3) is 5.13. The molecule has 7 nitrogen and oxygen atoms in total. The number of aryl methyl sites for hydroxylation is 3. The summed E-state index contributed by atoms with van der Waals surface area (Å²) in [4.78, 5) is 4.28. The van der Waals surface area contributed by atoms with Gasteiger partial charge in [-0.3, -0.25) is 10.1 Å². The minimum absolute atomic E-state index is 0. The van der Waals surface area contributed by atoms with Crippen molar-refractivity contribution in [1.29, 1.82) is 5.26 Å². The number of nitrogen functional groups attached to an aromatic ring is 1. The Bertz CT molecular complexity index is 758. The van der Waals surface area contributed by atoms with Gasteiger partial charge >= 0.3 is 0 Å². The molecular weight excluding hydrogens is 417 g/mol. The van der Waals surface area contributed by atoms with Crippen molar-refractivity contribution in [3.05, 3.63) is 40.6 Å². The van der Waals surface area contributed by atoms with Gasteiger partial charge in [0, 0.05) is 12.2 Å². The van der Waals surface area contributed by atoms with Crippen LogP contribution in [0, 0.1) is 25.2 Å². The number of aromatic amines is 1. The number of nitrogens with two attached hydrogens (primary N) is 2. The van der Waals surface area contributed by atoms with Gasteiger partial charge < -0.3 is 16.8 Å². The number of nitrogens with zero attached hydrogens (tertiary/aromatic N) is 3. The summed E-state index contributed by atoms with van der Waals surface area (Å²) in [7, 11) is 0. The molecule has 2 rings (SSSR count). The molecule has 0 aliphatic carbocycles. The van der Waals surface area contributed by atoms with E-state index in [-0.39, 0.29) is 29.8 Å². The molecule has 1 aromatic carbocycles. The zero-order valence-electron chi connectivity index (χ0n) is 13.8. The molecule has 0 aliphatic rings. The van der Waals surface area contributed by atoms with E-state index in [1.165, 1.54) is 11.1 Å². The fraction of sp³-hybridized carbons (Fsp3) is 0.312. The highest BCUT2D eigenvalue weighted by atomic mass is 127. The van der Waals surface area contributed by atoms with Crippen molar-refractivity contribution in [3.8, 4) is 6.07 Å². The second-order valence-electron chi connectivity index (χ2n) is 5.37. The molecule has 0 radical (unpaired) electrons. The monoisotopic (exact) mass is 439 g/mol. The number of hydrogen-bond donors (Lipinski definition) is 4. The average molecular weight is 439 g/mol. The summed E-state index contributed by atoms with van der Waals surface area (Å²) in [6.45, 7) is 4.67. The van der Waals surface area contributed by atoms with E-state index in [9.17, 15) is 0 Å². The molecule has 0 amide bonds. The number of aliphatic imine (C=N–C) groups is 1. The van der Waals surface area contributed by atoms with Gasteiger partial charge in [-0.2, -0.15) is 10.4 Å². The molecule has 1 aromatic heterocycles. The normalized spacial score (nSPS) is 10.8. The predicted molar refractivity (Wildman–Crippen MR) is 107 cm³/mol. The molecule has 0 saturated heterocycles. The number of H-pyrrole nitrogens is 1. The van der Waals surface area contributed by atoms with Crippen molar-refractivity contribution in [1.82, 2.24) is 10.2 Å². The summed E-state index contributed by atoms with van der Waals surface area (Å²) < 4.78 is 0. The Morgan fingerprint density at radius 3 is 2.79 bits per heavy atom. The van der Waals surface area contributed by atoms with E-state index in [1.807, 2.05) is 24.3 Å². The smallest absolute Gasteiger partial charge is 0.193 e. The van der Waals surface area contributed by atoms with Crippen LogP contribution in [0.25, 0.3) is 0 Å². The van der Waals surface area contributed by atoms with Gasteiger partial charge in [0.2, 0.25) is 0 Å². The van der Waals surface area contributed by atoms with E-state index >= 15 is 0 Å². The van der Waals surface area contributed by atoms with Crippen LogP contribution in [0.1, 0.15) is 28.8 Å². The third-order valence-corrected chi connectivity index (χ3v) is 3.63. The molecule has 1 heterocycles. The summed E-state index contributed by atoms with van der Waals surface area (Å²) in [5.74, 6) is 0.611. The average Bonchev–Trinajstić information content (AvgIpc) is 2.87. The number of rotatable bonds is 5. The van der Waals surface area contributed by atoms with E-state index in [1.54, 1.807) is 0 Å². The number of anilines is 2. The third-order valence-electron chi connectivity index (χ3n) is 3.63. The van der Waals surface area contributed by atoms with Crippen molar-refractivity contribution in [3.63, 3.8) is 0 Å². The van der Waals surface area contributed by atoms with Crippen molar-refractivity contribution in [2.45, 2.75) is 26.7 Å².